The van der Waals surface area contributed by atoms with Crippen molar-refractivity contribution in [2.75, 3.05) is 11.9 Å². The zero-order valence-corrected chi connectivity index (χ0v) is 12.4. The smallest absolute Gasteiger partial charge is 0.279 e. The molecule has 2 rings (SSSR count). The highest BCUT2D eigenvalue weighted by Gasteiger charge is 2.12. The Labute approximate surface area is 128 Å². The van der Waals surface area contributed by atoms with E-state index in [1.165, 1.54) is 18.2 Å². The first-order valence-electron chi connectivity index (χ1n) is 6.69. The number of carbonyl (C=O) groups is 1. The summed E-state index contributed by atoms with van der Waals surface area (Å²) in [6.45, 7) is 2.24. The van der Waals surface area contributed by atoms with E-state index in [9.17, 15) is 9.18 Å². The molecule has 3 nitrogen and oxygen atoms in total. The van der Waals surface area contributed by atoms with Crippen molar-refractivity contribution < 1.29 is 14.5 Å². The van der Waals surface area contributed by atoms with Gasteiger partial charge in [0.1, 0.15) is 11.9 Å². The summed E-state index contributed by atoms with van der Waals surface area (Å²) in [6, 6.07) is 14.2. The molecular weight excluding hydrogens is 291 g/mol. The van der Waals surface area contributed by atoms with Crippen LogP contribution in [0.1, 0.15) is 18.5 Å². The summed E-state index contributed by atoms with van der Waals surface area (Å²) in [5, 5.41) is 4.74. The molecule has 0 saturated carbocycles. The van der Waals surface area contributed by atoms with Gasteiger partial charge in [-0.1, -0.05) is 41.9 Å². The lowest BCUT2D eigenvalue weighted by atomic mass is 10.1. The summed E-state index contributed by atoms with van der Waals surface area (Å²) in [6.07, 6.45) is 0. The maximum absolute atomic E-state index is 13.6. The molecule has 0 unspecified atom stereocenters. The number of nitrogens with two attached hydrogens (primary N) is 1. The number of anilines is 1. The van der Waals surface area contributed by atoms with E-state index in [1.54, 1.807) is 0 Å². The van der Waals surface area contributed by atoms with Crippen molar-refractivity contribution in [3.8, 4) is 0 Å². The van der Waals surface area contributed by atoms with Crippen molar-refractivity contribution in [2.24, 2.45) is 0 Å². The second-order valence-corrected chi connectivity index (χ2v) is 5.25. The molecule has 21 heavy (non-hydrogen) atoms. The topological polar surface area (TPSA) is 45.7 Å². The molecule has 0 bridgehead atoms. The van der Waals surface area contributed by atoms with Gasteiger partial charge in [0.15, 0.2) is 6.54 Å². The Hall–Kier alpha value is -1.91. The molecule has 110 valence electrons. The van der Waals surface area contributed by atoms with E-state index >= 15 is 0 Å². The van der Waals surface area contributed by atoms with E-state index in [4.69, 9.17) is 11.6 Å². The molecular formula is C16H17ClFN2O+. The summed E-state index contributed by atoms with van der Waals surface area (Å²) in [5.74, 6) is -0.786. The second-order valence-electron chi connectivity index (χ2n) is 4.81. The van der Waals surface area contributed by atoms with Gasteiger partial charge in [0.2, 0.25) is 0 Å². The van der Waals surface area contributed by atoms with Gasteiger partial charge in [-0.15, -0.1) is 0 Å². The number of carbonyl (C=O) groups excluding carboxylic acids is 1. The van der Waals surface area contributed by atoms with Crippen LogP contribution in [-0.2, 0) is 4.79 Å². The van der Waals surface area contributed by atoms with Crippen molar-refractivity contribution in [1.82, 2.24) is 0 Å². The molecule has 0 radical (unpaired) electrons. The third-order valence-corrected chi connectivity index (χ3v) is 3.42. The number of quaternary nitrogens is 1. The van der Waals surface area contributed by atoms with Gasteiger partial charge < -0.3 is 10.6 Å². The van der Waals surface area contributed by atoms with Gasteiger partial charge in [0.25, 0.3) is 5.91 Å². The minimum Gasteiger partial charge on any atom is -0.333 e. The van der Waals surface area contributed by atoms with Crippen LogP contribution in [0, 0.1) is 5.82 Å². The molecule has 5 heteroatoms. The molecule has 0 spiro atoms. The van der Waals surface area contributed by atoms with Crippen LogP contribution in [0.4, 0.5) is 10.1 Å². The lowest BCUT2D eigenvalue weighted by Crippen LogP contribution is -2.86. The van der Waals surface area contributed by atoms with Crippen molar-refractivity contribution in [3.05, 3.63) is 64.9 Å². The van der Waals surface area contributed by atoms with E-state index in [0.717, 1.165) is 5.56 Å². The average molecular weight is 308 g/mol. The number of nitrogens with one attached hydrogen (secondary N) is 1. The van der Waals surface area contributed by atoms with Crippen LogP contribution in [0.15, 0.2) is 48.5 Å². The summed E-state index contributed by atoms with van der Waals surface area (Å²) >= 11 is 5.67. The van der Waals surface area contributed by atoms with Crippen molar-refractivity contribution in [1.29, 1.82) is 0 Å². The third kappa shape index (κ3) is 4.55. The van der Waals surface area contributed by atoms with Gasteiger partial charge in [-0.3, -0.25) is 4.79 Å². The van der Waals surface area contributed by atoms with E-state index in [1.807, 2.05) is 42.6 Å². The van der Waals surface area contributed by atoms with Gasteiger partial charge in [0.05, 0.1) is 5.69 Å². The highest BCUT2D eigenvalue weighted by molar-refractivity contribution is 6.30. The minimum absolute atomic E-state index is 0.144. The Balaban J connectivity index is 1.87. The number of halogens is 2. The molecule has 1 atom stereocenters. The van der Waals surface area contributed by atoms with Gasteiger partial charge in [-0.2, -0.15) is 0 Å². The quantitative estimate of drug-likeness (QED) is 0.876. The summed E-state index contributed by atoms with van der Waals surface area (Å²) in [5.41, 5.74) is 1.29. The number of hydrogen-bond acceptors (Lipinski definition) is 1. The maximum atomic E-state index is 13.6. The Morgan fingerprint density at radius 1 is 1.29 bits per heavy atom. The molecule has 0 aromatic heterocycles. The minimum atomic E-state index is -0.535. The Kier molecular flexibility index (Phi) is 5.31. The Morgan fingerprint density at radius 2 is 2.00 bits per heavy atom. The van der Waals surface area contributed by atoms with Crippen LogP contribution < -0.4 is 10.6 Å². The van der Waals surface area contributed by atoms with E-state index in [0.29, 0.717) is 5.02 Å². The Morgan fingerprint density at radius 3 is 2.67 bits per heavy atom. The fourth-order valence-corrected chi connectivity index (χ4v) is 2.13. The molecule has 2 aromatic carbocycles. The van der Waals surface area contributed by atoms with Crippen LogP contribution >= 0.6 is 11.6 Å². The first kappa shape index (κ1) is 15.5. The van der Waals surface area contributed by atoms with Crippen LogP contribution in [0.2, 0.25) is 5.02 Å². The molecule has 0 aliphatic heterocycles. The molecule has 0 heterocycles. The summed E-state index contributed by atoms with van der Waals surface area (Å²) in [7, 11) is 0. The lowest BCUT2D eigenvalue weighted by molar-refractivity contribution is -0.682. The highest BCUT2D eigenvalue weighted by atomic mass is 35.5. The zero-order valence-electron chi connectivity index (χ0n) is 11.6. The van der Waals surface area contributed by atoms with Crippen LogP contribution in [-0.4, -0.2) is 12.5 Å². The fraction of sp³-hybridized carbons (Fsp3) is 0.188. The molecule has 2 aromatic rings. The van der Waals surface area contributed by atoms with E-state index in [-0.39, 0.29) is 24.2 Å². The SMILES string of the molecule is C[C@H]([NH2+]CC(=O)Nc1ccc(Cl)cc1F)c1ccccc1. The molecule has 0 saturated heterocycles. The molecule has 0 aliphatic carbocycles. The van der Waals surface area contributed by atoms with Gasteiger partial charge in [-0.05, 0) is 25.1 Å². The lowest BCUT2D eigenvalue weighted by Gasteiger charge is -2.11. The van der Waals surface area contributed by atoms with Crippen molar-refractivity contribution in [3.63, 3.8) is 0 Å². The monoisotopic (exact) mass is 307 g/mol. The normalized spacial score (nSPS) is 12.0. The summed E-state index contributed by atoms with van der Waals surface area (Å²) in [4.78, 5) is 11.8. The number of amides is 1. The van der Waals surface area contributed by atoms with Crippen LogP contribution in [0.3, 0.4) is 0 Å². The van der Waals surface area contributed by atoms with Gasteiger partial charge in [0, 0.05) is 10.6 Å². The molecule has 0 aliphatic rings. The largest absolute Gasteiger partial charge is 0.333 e. The molecule has 1 amide bonds. The standard InChI is InChI=1S/C16H16ClFN2O/c1-11(12-5-3-2-4-6-12)19-10-16(21)20-15-8-7-13(17)9-14(15)18/h2-9,11,19H,10H2,1H3,(H,20,21)/p+1/t11-/m0/s1. The highest BCUT2D eigenvalue weighted by Crippen LogP contribution is 2.18. The second kappa shape index (κ2) is 7.20. The third-order valence-electron chi connectivity index (χ3n) is 3.19. The zero-order chi connectivity index (χ0) is 15.2. The number of hydrogen-bond donors (Lipinski definition) is 2. The fourth-order valence-electron chi connectivity index (χ4n) is 1.97. The van der Waals surface area contributed by atoms with Crippen LogP contribution in [0.5, 0.6) is 0 Å². The number of rotatable bonds is 5. The average Bonchev–Trinajstić information content (AvgIpc) is 2.48. The van der Waals surface area contributed by atoms with E-state index in [2.05, 4.69) is 5.32 Å². The maximum Gasteiger partial charge on any atom is 0.279 e. The van der Waals surface area contributed by atoms with E-state index < -0.39 is 5.82 Å². The Bertz CT molecular complexity index is 619. The number of benzene rings is 2. The predicted molar refractivity (Wildman–Crippen MR) is 81.7 cm³/mol. The van der Waals surface area contributed by atoms with Gasteiger partial charge >= 0.3 is 0 Å². The van der Waals surface area contributed by atoms with Gasteiger partial charge in [-0.25, -0.2) is 4.39 Å². The molecule has 0 fully saturated rings. The predicted octanol–water partition coefficient (Wildman–Crippen LogP) is 2.74. The van der Waals surface area contributed by atoms with Crippen LogP contribution in [0.25, 0.3) is 0 Å². The molecule has 3 N–H and O–H groups in total. The first-order chi connectivity index (χ1) is 10.1. The van der Waals surface area contributed by atoms with Crippen molar-refractivity contribution >= 4 is 23.2 Å². The van der Waals surface area contributed by atoms with Crippen molar-refractivity contribution in [2.45, 2.75) is 13.0 Å². The first-order valence-corrected chi connectivity index (χ1v) is 7.07. The summed E-state index contributed by atoms with van der Waals surface area (Å²) < 4.78 is 13.6.